The van der Waals surface area contributed by atoms with E-state index < -0.39 is 0 Å². The lowest BCUT2D eigenvalue weighted by Gasteiger charge is -2.22. The number of aromatic nitrogens is 4. The van der Waals surface area contributed by atoms with E-state index in [-0.39, 0.29) is 0 Å². The lowest BCUT2D eigenvalue weighted by Crippen LogP contribution is -2.20. The molecule has 6 nitrogen and oxygen atoms in total. The predicted octanol–water partition coefficient (Wildman–Crippen LogP) is 4.64. The van der Waals surface area contributed by atoms with Gasteiger partial charge >= 0.3 is 0 Å². The molecule has 1 saturated heterocycles. The Hall–Kier alpha value is -3.25. The van der Waals surface area contributed by atoms with Crippen LogP contribution in [-0.4, -0.2) is 33.0 Å². The number of ether oxygens (including phenoxy) is 2. The Morgan fingerprint density at radius 2 is 1.68 bits per heavy atom. The van der Waals surface area contributed by atoms with E-state index in [1.54, 1.807) is 6.33 Å². The van der Waals surface area contributed by atoms with E-state index in [4.69, 9.17) is 14.6 Å². The highest BCUT2D eigenvalue weighted by Gasteiger charge is 2.22. The molecule has 0 bridgehead atoms. The molecule has 0 saturated carbocycles. The highest BCUT2D eigenvalue weighted by molar-refractivity contribution is 5.90. The first-order chi connectivity index (χ1) is 13.9. The van der Waals surface area contributed by atoms with Crippen LogP contribution >= 0.6 is 0 Å². The molecule has 140 valence electrons. The zero-order chi connectivity index (χ0) is 18.8. The Morgan fingerprint density at radius 3 is 2.46 bits per heavy atom. The molecule has 2 aromatic carbocycles. The maximum absolute atomic E-state index is 5.89. The van der Waals surface area contributed by atoms with Gasteiger partial charge in [-0.1, -0.05) is 18.2 Å². The molecular formula is C22H20N4O2. The summed E-state index contributed by atoms with van der Waals surface area (Å²) in [5.74, 6) is 1.61. The molecule has 0 unspecified atom stereocenters. The quantitative estimate of drug-likeness (QED) is 0.522. The topological polar surface area (TPSA) is 62.1 Å². The van der Waals surface area contributed by atoms with Crippen LogP contribution in [0, 0.1) is 0 Å². The van der Waals surface area contributed by atoms with Gasteiger partial charge in [-0.3, -0.25) is 0 Å². The molecule has 0 amide bonds. The van der Waals surface area contributed by atoms with Gasteiger partial charge in [-0.25, -0.2) is 14.6 Å². The first kappa shape index (κ1) is 16.9. The van der Waals surface area contributed by atoms with E-state index in [1.165, 1.54) is 0 Å². The zero-order valence-corrected chi connectivity index (χ0v) is 15.4. The van der Waals surface area contributed by atoms with Crippen LogP contribution in [0.1, 0.15) is 18.9 Å². The zero-order valence-electron chi connectivity index (χ0n) is 15.4. The van der Waals surface area contributed by atoms with Gasteiger partial charge in [0, 0.05) is 25.0 Å². The number of hydrogen-bond acceptors (Lipinski definition) is 5. The van der Waals surface area contributed by atoms with Gasteiger partial charge in [0.1, 0.15) is 23.5 Å². The average molecular weight is 372 g/mol. The molecule has 3 heterocycles. The van der Waals surface area contributed by atoms with Crippen molar-refractivity contribution in [1.29, 1.82) is 0 Å². The van der Waals surface area contributed by atoms with Crippen LogP contribution in [0.15, 0.2) is 67.1 Å². The molecule has 1 fully saturated rings. The van der Waals surface area contributed by atoms with Crippen LogP contribution in [-0.2, 0) is 4.74 Å². The summed E-state index contributed by atoms with van der Waals surface area (Å²) in [4.78, 5) is 8.72. The van der Waals surface area contributed by atoms with Gasteiger partial charge in [0.05, 0.1) is 11.4 Å². The Labute approximate surface area is 162 Å². The van der Waals surface area contributed by atoms with E-state index in [2.05, 4.69) is 9.97 Å². The van der Waals surface area contributed by atoms with Gasteiger partial charge in [0.2, 0.25) is 0 Å². The van der Waals surface area contributed by atoms with E-state index in [0.717, 1.165) is 59.8 Å². The van der Waals surface area contributed by atoms with Crippen LogP contribution < -0.4 is 4.74 Å². The molecule has 1 aliphatic rings. The third-order valence-electron chi connectivity index (χ3n) is 5.01. The van der Waals surface area contributed by atoms with E-state index in [9.17, 15) is 0 Å². The minimum atomic E-state index is 0.306. The molecule has 0 N–H and O–H groups in total. The number of rotatable bonds is 4. The van der Waals surface area contributed by atoms with Gasteiger partial charge in [-0.05, 0) is 49.2 Å². The molecule has 4 aromatic rings. The fraction of sp³-hybridized carbons (Fsp3) is 0.227. The van der Waals surface area contributed by atoms with Crippen molar-refractivity contribution in [3.8, 4) is 22.8 Å². The first-order valence-corrected chi connectivity index (χ1v) is 9.48. The predicted molar refractivity (Wildman–Crippen MR) is 106 cm³/mol. The normalized spacial score (nSPS) is 15.0. The van der Waals surface area contributed by atoms with Crippen LogP contribution in [0.5, 0.6) is 11.5 Å². The van der Waals surface area contributed by atoms with Crippen LogP contribution in [0.2, 0.25) is 0 Å². The van der Waals surface area contributed by atoms with Crippen molar-refractivity contribution in [3.05, 3.63) is 67.1 Å². The summed E-state index contributed by atoms with van der Waals surface area (Å²) in [5.41, 5.74) is 2.79. The van der Waals surface area contributed by atoms with Gasteiger partial charge in [0.25, 0.3) is 0 Å². The average Bonchev–Trinajstić information content (AvgIpc) is 3.15. The largest absolute Gasteiger partial charge is 0.457 e. The lowest BCUT2D eigenvalue weighted by molar-refractivity contribution is 0.0674. The fourth-order valence-corrected chi connectivity index (χ4v) is 3.58. The maximum atomic E-state index is 5.89. The molecule has 1 aliphatic heterocycles. The monoisotopic (exact) mass is 372 g/mol. The molecule has 0 aliphatic carbocycles. The Balaban J connectivity index is 1.49. The van der Waals surface area contributed by atoms with E-state index >= 15 is 0 Å². The summed E-state index contributed by atoms with van der Waals surface area (Å²) in [6.07, 6.45) is 5.32. The standard InChI is InChI=1S/C22H20N4O2/c1-2-4-18(5-3-1)28-19-8-6-16(7-9-19)21-20-14-23-15-24-22(20)26(25-21)17-10-12-27-13-11-17/h1-9,14-15,17H,10-13H2. The minimum absolute atomic E-state index is 0.306. The Bertz CT molecular complexity index is 1070. The smallest absolute Gasteiger partial charge is 0.162 e. The molecule has 28 heavy (non-hydrogen) atoms. The number of fused-ring (bicyclic) bond motifs is 1. The van der Waals surface area contributed by atoms with Gasteiger partial charge < -0.3 is 9.47 Å². The molecule has 6 heteroatoms. The van der Waals surface area contributed by atoms with Gasteiger partial charge in [-0.2, -0.15) is 5.10 Å². The van der Waals surface area contributed by atoms with Crippen molar-refractivity contribution in [3.63, 3.8) is 0 Å². The minimum Gasteiger partial charge on any atom is -0.457 e. The summed E-state index contributed by atoms with van der Waals surface area (Å²) < 4.78 is 13.4. The van der Waals surface area contributed by atoms with Crippen LogP contribution in [0.4, 0.5) is 0 Å². The number of benzene rings is 2. The van der Waals surface area contributed by atoms with Gasteiger partial charge in [0.15, 0.2) is 5.65 Å². The summed E-state index contributed by atoms with van der Waals surface area (Å²) in [5, 5.41) is 5.88. The molecule has 0 spiro atoms. The molecule has 5 rings (SSSR count). The van der Waals surface area contributed by atoms with Crippen molar-refractivity contribution in [2.24, 2.45) is 0 Å². The summed E-state index contributed by atoms with van der Waals surface area (Å²) in [6.45, 7) is 1.52. The molecule has 0 atom stereocenters. The maximum Gasteiger partial charge on any atom is 0.162 e. The second-order valence-electron chi connectivity index (χ2n) is 6.84. The van der Waals surface area contributed by atoms with Crippen molar-refractivity contribution in [2.45, 2.75) is 18.9 Å². The third-order valence-corrected chi connectivity index (χ3v) is 5.01. The first-order valence-electron chi connectivity index (χ1n) is 9.48. The van der Waals surface area contributed by atoms with Crippen LogP contribution in [0.3, 0.4) is 0 Å². The Kier molecular flexibility index (Phi) is 4.47. The number of para-hydroxylation sites is 1. The van der Waals surface area contributed by atoms with Crippen LogP contribution in [0.25, 0.3) is 22.3 Å². The number of nitrogens with zero attached hydrogens (tertiary/aromatic N) is 4. The molecule has 2 aromatic heterocycles. The summed E-state index contributed by atoms with van der Waals surface area (Å²) in [6, 6.07) is 18.1. The SMILES string of the molecule is c1ccc(Oc2ccc(-c3nn(C4CCOCC4)c4ncncc34)cc2)cc1. The molecule has 0 radical (unpaired) electrons. The highest BCUT2D eigenvalue weighted by Crippen LogP contribution is 2.32. The van der Waals surface area contributed by atoms with Crippen molar-refractivity contribution < 1.29 is 9.47 Å². The highest BCUT2D eigenvalue weighted by atomic mass is 16.5. The second kappa shape index (κ2) is 7.40. The van der Waals surface area contributed by atoms with Crippen molar-refractivity contribution in [2.75, 3.05) is 13.2 Å². The van der Waals surface area contributed by atoms with Crippen molar-refractivity contribution in [1.82, 2.24) is 19.7 Å². The lowest BCUT2D eigenvalue weighted by atomic mass is 10.1. The summed E-state index contributed by atoms with van der Waals surface area (Å²) in [7, 11) is 0. The third kappa shape index (κ3) is 3.23. The second-order valence-corrected chi connectivity index (χ2v) is 6.84. The Morgan fingerprint density at radius 1 is 0.929 bits per heavy atom. The fourth-order valence-electron chi connectivity index (χ4n) is 3.58. The number of hydrogen-bond donors (Lipinski definition) is 0. The van der Waals surface area contributed by atoms with E-state index in [0.29, 0.717) is 6.04 Å². The van der Waals surface area contributed by atoms with E-state index in [1.807, 2.05) is 65.5 Å². The summed E-state index contributed by atoms with van der Waals surface area (Å²) >= 11 is 0. The van der Waals surface area contributed by atoms with Crippen molar-refractivity contribution >= 4 is 11.0 Å². The molecular weight excluding hydrogens is 352 g/mol. The van der Waals surface area contributed by atoms with Gasteiger partial charge in [-0.15, -0.1) is 0 Å².